The zero-order valence-electron chi connectivity index (χ0n) is 9.91. The van der Waals surface area contributed by atoms with Crippen LogP contribution in [0.2, 0.25) is 0 Å². The van der Waals surface area contributed by atoms with Crippen molar-refractivity contribution < 1.29 is 19.1 Å². The molecule has 0 saturated carbocycles. The average Bonchev–Trinajstić information content (AvgIpc) is 2.48. The highest BCUT2D eigenvalue weighted by Gasteiger charge is 2.21. The van der Waals surface area contributed by atoms with Crippen LogP contribution in [0.15, 0.2) is 60.7 Å². The van der Waals surface area contributed by atoms with Gasteiger partial charge in [-0.3, -0.25) is 4.79 Å². The van der Waals surface area contributed by atoms with Gasteiger partial charge in [-0.25, -0.2) is 9.59 Å². The van der Waals surface area contributed by atoms with E-state index in [0.717, 1.165) is 0 Å². The van der Waals surface area contributed by atoms with E-state index < -0.39 is 17.7 Å². The van der Waals surface area contributed by atoms with Crippen molar-refractivity contribution in [2.24, 2.45) is 0 Å². The van der Waals surface area contributed by atoms with Crippen LogP contribution in [0, 0.1) is 0 Å². The first kappa shape index (κ1) is 12.7. The highest BCUT2D eigenvalue weighted by Crippen LogP contribution is 2.05. The van der Waals surface area contributed by atoms with Gasteiger partial charge in [0.15, 0.2) is 0 Å². The van der Waals surface area contributed by atoms with Crippen molar-refractivity contribution in [3.63, 3.8) is 0 Å². The lowest BCUT2D eigenvalue weighted by molar-refractivity contribution is -0.132. The van der Waals surface area contributed by atoms with E-state index in [1.165, 1.54) is 24.3 Å². The van der Waals surface area contributed by atoms with Crippen LogP contribution in [-0.2, 0) is 9.53 Å². The van der Waals surface area contributed by atoms with Gasteiger partial charge in [0.2, 0.25) is 0 Å². The number of Topliss-reactive ketones (excluding diaryl/α,β-unsaturated/α-hetero) is 1. The molecule has 2 aromatic rings. The van der Waals surface area contributed by atoms with Gasteiger partial charge in [-0.05, 0) is 12.1 Å². The molecule has 2 aromatic carbocycles. The second-order valence-corrected chi connectivity index (χ2v) is 3.74. The molecule has 0 bridgehead atoms. The van der Waals surface area contributed by atoms with E-state index in [2.05, 4.69) is 4.74 Å². The Labute approximate surface area is 109 Å². The molecule has 0 aliphatic rings. The number of esters is 2. The Bertz CT molecular complexity index is 603. The zero-order valence-corrected chi connectivity index (χ0v) is 9.91. The Kier molecular flexibility index (Phi) is 3.83. The van der Waals surface area contributed by atoms with Crippen molar-refractivity contribution >= 4 is 17.7 Å². The molecule has 0 aliphatic heterocycles. The average molecular weight is 254 g/mol. The Morgan fingerprint density at radius 1 is 0.684 bits per heavy atom. The summed E-state index contributed by atoms with van der Waals surface area (Å²) in [6, 6.07) is 15.9. The lowest BCUT2D eigenvalue weighted by Crippen LogP contribution is -2.21. The van der Waals surface area contributed by atoms with Gasteiger partial charge in [0.1, 0.15) is 0 Å². The van der Waals surface area contributed by atoms with E-state index >= 15 is 0 Å². The molecule has 0 spiro atoms. The molecule has 0 unspecified atom stereocenters. The number of carbonyl (C=O) groups excluding carboxylic acids is 3. The van der Waals surface area contributed by atoms with Gasteiger partial charge < -0.3 is 4.74 Å². The molecule has 4 heteroatoms. The summed E-state index contributed by atoms with van der Waals surface area (Å²) in [6.45, 7) is 0. The van der Waals surface area contributed by atoms with Crippen LogP contribution in [-0.4, -0.2) is 17.7 Å². The minimum absolute atomic E-state index is 0.188. The minimum atomic E-state index is -1.18. The highest BCUT2D eigenvalue weighted by atomic mass is 16.6. The molecule has 0 aliphatic carbocycles. The standard InChI is InChI=1S/C15H10O4/c16-13(11-7-3-1-4-8-11)15(18)19-14(17)12-9-5-2-6-10-12/h1-10H. The monoisotopic (exact) mass is 254 g/mol. The Morgan fingerprint density at radius 2 is 1.16 bits per heavy atom. The summed E-state index contributed by atoms with van der Waals surface area (Å²) >= 11 is 0. The molecule has 19 heavy (non-hydrogen) atoms. The highest BCUT2D eigenvalue weighted by molar-refractivity contribution is 6.42. The van der Waals surface area contributed by atoms with Crippen molar-refractivity contribution in [2.75, 3.05) is 0 Å². The second kappa shape index (κ2) is 5.73. The fourth-order valence-electron chi connectivity index (χ4n) is 1.47. The van der Waals surface area contributed by atoms with Gasteiger partial charge >= 0.3 is 11.9 Å². The molecule has 0 aromatic heterocycles. The van der Waals surface area contributed by atoms with Gasteiger partial charge in [0.05, 0.1) is 5.56 Å². The van der Waals surface area contributed by atoms with Gasteiger partial charge in [-0.1, -0.05) is 48.5 Å². The summed E-state index contributed by atoms with van der Waals surface area (Å²) in [4.78, 5) is 34.8. The van der Waals surface area contributed by atoms with E-state index in [4.69, 9.17) is 0 Å². The fourth-order valence-corrected chi connectivity index (χ4v) is 1.47. The van der Waals surface area contributed by atoms with Gasteiger partial charge in [0, 0.05) is 5.56 Å². The van der Waals surface area contributed by atoms with E-state index in [-0.39, 0.29) is 11.1 Å². The maximum absolute atomic E-state index is 11.7. The van der Waals surface area contributed by atoms with E-state index in [1.54, 1.807) is 36.4 Å². The first-order valence-electron chi connectivity index (χ1n) is 5.59. The molecule has 0 atom stereocenters. The SMILES string of the molecule is O=C(OC(=O)c1ccccc1)C(=O)c1ccccc1. The Morgan fingerprint density at radius 3 is 1.68 bits per heavy atom. The molecular weight excluding hydrogens is 244 g/mol. The van der Waals surface area contributed by atoms with Gasteiger partial charge in [-0.2, -0.15) is 0 Å². The predicted molar refractivity (Wildman–Crippen MR) is 67.6 cm³/mol. The summed E-state index contributed by atoms with van der Waals surface area (Å²) in [5.41, 5.74) is 0.407. The van der Waals surface area contributed by atoms with E-state index in [1.807, 2.05) is 0 Å². The summed E-state index contributed by atoms with van der Waals surface area (Å²) in [6.07, 6.45) is 0. The quantitative estimate of drug-likeness (QED) is 0.365. The maximum Gasteiger partial charge on any atom is 0.387 e. The number of hydrogen-bond donors (Lipinski definition) is 0. The van der Waals surface area contributed by atoms with Crippen LogP contribution in [0.5, 0.6) is 0 Å². The number of rotatable bonds is 3. The molecule has 4 nitrogen and oxygen atoms in total. The lowest BCUT2D eigenvalue weighted by Gasteiger charge is -2.02. The largest absolute Gasteiger partial charge is 0.387 e. The zero-order chi connectivity index (χ0) is 13.7. The third-order valence-corrected chi connectivity index (χ3v) is 2.42. The van der Waals surface area contributed by atoms with Crippen molar-refractivity contribution in [1.82, 2.24) is 0 Å². The third-order valence-electron chi connectivity index (χ3n) is 2.42. The molecule has 2 rings (SSSR count). The first-order valence-corrected chi connectivity index (χ1v) is 5.59. The van der Waals surface area contributed by atoms with Crippen molar-refractivity contribution in [2.45, 2.75) is 0 Å². The number of benzene rings is 2. The number of ether oxygens (including phenoxy) is 1. The van der Waals surface area contributed by atoms with Crippen LogP contribution in [0.1, 0.15) is 20.7 Å². The Hall–Kier alpha value is -2.75. The minimum Gasteiger partial charge on any atom is -0.383 e. The van der Waals surface area contributed by atoms with Crippen molar-refractivity contribution in [1.29, 1.82) is 0 Å². The predicted octanol–water partition coefficient (Wildman–Crippen LogP) is 2.25. The smallest absolute Gasteiger partial charge is 0.383 e. The molecule has 0 heterocycles. The molecule has 0 N–H and O–H groups in total. The van der Waals surface area contributed by atoms with Crippen molar-refractivity contribution in [3.05, 3.63) is 71.8 Å². The second-order valence-electron chi connectivity index (χ2n) is 3.74. The van der Waals surface area contributed by atoms with Crippen LogP contribution in [0.4, 0.5) is 0 Å². The summed E-state index contributed by atoms with van der Waals surface area (Å²) < 4.78 is 4.53. The summed E-state index contributed by atoms with van der Waals surface area (Å²) in [5, 5.41) is 0. The molecular formula is C15H10O4. The van der Waals surface area contributed by atoms with Gasteiger partial charge in [-0.15, -0.1) is 0 Å². The van der Waals surface area contributed by atoms with Crippen LogP contribution < -0.4 is 0 Å². The fraction of sp³-hybridized carbons (Fsp3) is 0. The van der Waals surface area contributed by atoms with Crippen LogP contribution >= 0.6 is 0 Å². The number of hydrogen-bond acceptors (Lipinski definition) is 4. The third kappa shape index (κ3) is 3.13. The Balaban J connectivity index is 2.06. The summed E-state index contributed by atoms with van der Waals surface area (Å²) in [5.74, 6) is -2.86. The molecule has 0 fully saturated rings. The molecule has 0 saturated heterocycles. The lowest BCUT2D eigenvalue weighted by atomic mass is 10.1. The molecule has 0 amide bonds. The van der Waals surface area contributed by atoms with E-state index in [9.17, 15) is 14.4 Å². The molecule has 0 radical (unpaired) electrons. The van der Waals surface area contributed by atoms with Gasteiger partial charge in [0.25, 0.3) is 5.78 Å². The topological polar surface area (TPSA) is 60.4 Å². The summed E-state index contributed by atoms with van der Waals surface area (Å²) in [7, 11) is 0. The molecule has 94 valence electrons. The first-order chi connectivity index (χ1) is 9.18. The van der Waals surface area contributed by atoms with E-state index in [0.29, 0.717) is 0 Å². The van der Waals surface area contributed by atoms with Crippen LogP contribution in [0.25, 0.3) is 0 Å². The maximum atomic E-state index is 11.7. The number of carbonyl (C=O) groups is 3. The van der Waals surface area contributed by atoms with Crippen molar-refractivity contribution in [3.8, 4) is 0 Å². The number of ketones is 1. The van der Waals surface area contributed by atoms with Crippen LogP contribution in [0.3, 0.4) is 0 Å². The normalized spacial score (nSPS) is 9.68.